The SMILES string of the molecule is CCCCCCCCCOC[N+](C)(C)CCCCCCCC.[Cl-]. The molecule has 2 nitrogen and oxygen atoms in total. The molecule has 0 aromatic carbocycles. The molecule has 0 unspecified atom stereocenters. The van der Waals surface area contributed by atoms with Crippen LogP contribution < -0.4 is 12.4 Å². The van der Waals surface area contributed by atoms with Crippen molar-refractivity contribution in [3.05, 3.63) is 0 Å². The van der Waals surface area contributed by atoms with Crippen LogP contribution in [0.2, 0.25) is 0 Å². The molecule has 0 atom stereocenters. The maximum absolute atomic E-state index is 5.89. The van der Waals surface area contributed by atoms with Crippen LogP contribution in [-0.4, -0.2) is 38.5 Å². The van der Waals surface area contributed by atoms with E-state index in [-0.39, 0.29) is 12.4 Å². The molecule has 0 aromatic rings. The Morgan fingerprint density at radius 3 is 1.57 bits per heavy atom. The standard InChI is InChI=1S/C20H44NO.ClH/c1-5-7-9-11-13-15-17-19-22-20-21(3,4)18-16-14-12-10-8-6-2;/h5-20H2,1-4H3;1H/q+1;/p-1. The molecule has 0 spiro atoms. The first-order valence-corrected chi connectivity index (χ1v) is 10.0. The molecule has 0 saturated carbocycles. The highest BCUT2D eigenvalue weighted by Gasteiger charge is 2.13. The zero-order chi connectivity index (χ0) is 16.5. The van der Waals surface area contributed by atoms with E-state index < -0.39 is 0 Å². The molecule has 0 rings (SSSR count). The Kier molecular flexibility index (Phi) is 20.5. The number of nitrogens with zero attached hydrogens (tertiary/aromatic N) is 1. The number of ether oxygens (including phenoxy) is 1. The quantitative estimate of drug-likeness (QED) is 0.223. The summed E-state index contributed by atoms with van der Waals surface area (Å²) in [5.74, 6) is 0. The fraction of sp³-hybridized carbons (Fsp3) is 1.00. The minimum atomic E-state index is 0. The van der Waals surface area contributed by atoms with Crippen LogP contribution >= 0.6 is 0 Å². The zero-order valence-corrected chi connectivity index (χ0v) is 17.3. The van der Waals surface area contributed by atoms with Crippen molar-refractivity contribution in [3.63, 3.8) is 0 Å². The summed E-state index contributed by atoms with van der Waals surface area (Å²) in [6.45, 7) is 7.64. The van der Waals surface area contributed by atoms with Crippen molar-refractivity contribution >= 4 is 0 Å². The highest BCUT2D eigenvalue weighted by Crippen LogP contribution is 2.09. The van der Waals surface area contributed by atoms with Crippen LogP contribution in [-0.2, 0) is 4.74 Å². The molecule has 0 aromatic heterocycles. The van der Waals surface area contributed by atoms with E-state index in [1.165, 1.54) is 90.0 Å². The summed E-state index contributed by atoms with van der Waals surface area (Å²) in [5.41, 5.74) is 0. The number of hydrogen-bond acceptors (Lipinski definition) is 1. The largest absolute Gasteiger partial charge is 1.00 e. The summed E-state index contributed by atoms with van der Waals surface area (Å²) in [5, 5.41) is 0. The van der Waals surface area contributed by atoms with E-state index in [9.17, 15) is 0 Å². The van der Waals surface area contributed by atoms with Crippen molar-refractivity contribution in [1.82, 2.24) is 0 Å². The second-order valence-corrected chi connectivity index (χ2v) is 7.59. The second kappa shape index (κ2) is 18.5. The van der Waals surface area contributed by atoms with Crippen molar-refractivity contribution in [2.24, 2.45) is 0 Å². The lowest BCUT2D eigenvalue weighted by atomic mass is 10.1. The molecule has 142 valence electrons. The lowest BCUT2D eigenvalue weighted by molar-refractivity contribution is -0.909. The zero-order valence-electron chi connectivity index (χ0n) is 16.5. The first-order chi connectivity index (χ1) is 10.6. The fourth-order valence-electron chi connectivity index (χ4n) is 2.86. The number of hydrogen-bond donors (Lipinski definition) is 0. The molecule has 0 aliphatic heterocycles. The Labute approximate surface area is 153 Å². The van der Waals surface area contributed by atoms with Gasteiger partial charge in [-0.2, -0.15) is 0 Å². The van der Waals surface area contributed by atoms with Crippen LogP contribution in [0.5, 0.6) is 0 Å². The Morgan fingerprint density at radius 1 is 0.609 bits per heavy atom. The lowest BCUT2D eigenvalue weighted by Gasteiger charge is -2.29. The Morgan fingerprint density at radius 2 is 1.04 bits per heavy atom. The second-order valence-electron chi connectivity index (χ2n) is 7.59. The molecular weight excluding hydrogens is 306 g/mol. The average Bonchev–Trinajstić information content (AvgIpc) is 2.49. The maximum atomic E-state index is 5.89. The van der Waals surface area contributed by atoms with E-state index in [1.54, 1.807) is 0 Å². The van der Waals surface area contributed by atoms with Crippen molar-refractivity contribution in [2.75, 3.05) is 34.0 Å². The van der Waals surface area contributed by atoms with Crippen LogP contribution in [0.15, 0.2) is 0 Å². The van der Waals surface area contributed by atoms with E-state index in [1.807, 2.05) is 0 Å². The first kappa shape index (κ1) is 25.5. The molecule has 0 amide bonds. The predicted molar refractivity (Wildman–Crippen MR) is 99.2 cm³/mol. The van der Waals surface area contributed by atoms with Gasteiger partial charge in [0.25, 0.3) is 0 Å². The van der Waals surface area contributed by atoms with Gasteiger partial charge in [0.2, 0.25) is 0 Å². The minimum Gasteiger partial charge on any atom is -1.00 e. The van der Waals surface area contributed by atoms with Gasteiger partial charge in [0.15, 0.2) is 6.73 Å². The van der Waals surface area contributed by atoms with Crippen LogP contribution in [0.1, 0.15) is 97.3 Å². The van der Waals surface area contributed by atoms with E-state index in [4.69, 9.17) is 4.74 Å². The van der Waals surface area contributed by atoms with Gasteiger partial charge in [-0.15, -0.1) is 0 Å². The summed E-state index contributed by atoms with van der Waals surface area (Å²) in [6.07, 6.45) is 17.8. The van der Waals surface area contributed by atoms with Crippen molar-refractivity contribution < 1.29 is 21.6 Å². The molecule has 23 heavy (non-hydrogen) atoms. The third kappa shape index (κ3) is 20.2. The lowest BCUT2D eigenvalue weighted by Crippen LogP contribution is -3.00. The maximum Gasteiger partial charge on any atom is 0.182 e. The predicted octanol–water partition coefficient (Wildman–Crippen LogP) is 3.15. The molecule has 0 N–H and O–H groups in total. The normalized spacial score (nSPS) is 11.5. The molecule has 0 aliphatic carbocycles. The molecular formula is C20H44ClNO. The smallest absolute Gasteiger partial charge is 0.182 e. The van der Waals surface area contributed by atoms with E-state index in [0.717, 1.165) is 17.8 Å². The first-order valence-electron chi connectivity index (χ1n) is 10.0. The van der Waals surface area contributed by atoms with Gasteiger partial charge >= 0.3 is 0 Å². The number of rotatable bonds is 17. The third-order valence-corrected chi connectivity index (χ3v) is 4.45. The van der Waals surface area contributed by atoms with Gasteiger partial charge in [-0.3, -0.25) is 0 Å². The average molecular weight is 350 g/mol. The van der Waals surface area contributed by atoms with Crippen molar-refractivity contribution in [1.29, 1.82) is 0 Å². The highest BCUT2D eigenvalue weighted by molar-refractivity contribution is 4.45. The number of unbranched alkanes of at least 4 members (excludes halogenated alkanes) is 11. The molecule has 0 saturated heterocycles. The molecule has 0 heterocycles. The Balaban J connectivity index is 0. The van der Waals surface area contributed by atoms with Crippen LogP contribution in [0.4, 0.5) is 0 Å². The van der Waals surface area contributed by atoms with Crippen molar-refractivity contribution in [3.8, 4) is 0 Å². The highest BCUT2D eigenvalue weighted by atomic mass is 35.5. The van der Waals surface area contributed by atoms with Gasteiger partial charge in [-0.1, -0.05) is 78.1 Å². The summed E-state index contributed by atoms with van der Waals surface area (Å²) in [4.78, 5) is 0. The third-order valence-electron chi connectivity index (χ3n) is 4.45. The van der Waals surface area contributed by atoms with Gasteiger partial charge in [-0.25, -0.2) is 0 Å². The molecule has 3 heteroatoms. The summed E-state index contributed by atoms with van der Waals surface area (Å²) in [7, 11) is 4.60. The van der Waals surface area contributed by atoms with Crippen LogP contribution in [0.25, 0.3) is 0 Å². The number of quaternary nitrogens is 1. The van der Waals surface area contributed by atoms with Gasteiger partial charge in [0.1, 0.15) is 0 Å². The number of halogens is 1. The van der Waals surface area contributed by atoms with E-state index in [0.29, 0.717) is 0 Å². The van der Waals surface area contributed by atoms with Gasteiger partial charge in [-0.05, 0) is 19.3 Å². The summed E-state index contributed by atoms with van der Waals surface area (Å²) >= 11 is 0. The summed E-state index contributed by atoms with van der Waals surface area (Å²) < 4.78 is 6.91. The van der Waals surface area contributed by atoms with Crippen molar-refractivity contribution in [2.45, 2.75) is 97.3 Å². The Hall–Kier alpha value is 0.210. The fourth-order valence-corrected chi connectivity index (χ4v) is 2.86. The van der Waals surface area contributed by atoms with Gasteiger partial charge in [0, 0.05) is 0 Å². The Bertz CT molecular complexity index is 222. The monoisotopic (exact) mass is 349 g/mol. The van der Waals surface area contributed by atoms with Crippen LogP contribution in [0.3, 0.4) is 0 Å². The van der Waals surface area contributed by atoms with E-state index in [2.05, 4.69) is 27.9 Å². The topological polar surface area (TPSA) is 9.23 Å². The molecule has 0 radical (unpaired) electrons. The minimum absolute atomic E-state index is 0. The molecule has 0 bridgehead atoms. The van der Waals surface area contributed by atoms with Gasteiger partial charge in [0.05, 0.1) is 27.2 Å². The summed E-state index contributed by atoms with van der Waals surface area (Å²) in [6, 6.07) is 0. The van der Waals surface area contributed by atoms with Crippen LogP contribution in [0, 0.1) is 0 Å². The van der Waals surface area contributed by atoms with E-state index >= 15 is 0 Å². The van der Waals surface area contributed by atoms with Gasteiger partial charge < -0.3 is 21.6 Å². The molecule has 0 fully saturated rings. The molecule has 0 aliphatic rings.